The van der Waals surface area contributed by atoms with Crippen molar-refractivity contribution in [1.29, 1.82) is 0 Å². The van der Waals surface area contributed by atoms with Crippen molar-refractivity contribution in [3.63, 3.8) is 0 Å². The van der Waals surface area contributed by atoms with E-state index in [1.54, 1.807) is 6.92 Å². The number of ether oxygens (including phenoxy) is 1. The molecule has 0 aromatic carbocycles. The molecule has 3 nitrogen and oxygen atoms in total. The maximum absolute atomic E-state index is 12.5. The Bertz CT molecular complexity index is 429. The van der Waals surface area contributed by atoms with Crippen LogP contribution in [-0.4, -0.2) is 17.6 Å². The molecule has 0 N–H and O–H groups in total. The molecule has 0 saturated heterocycles. The third-order valence-electron chi connectivity index (χ3n) is 1.84. The van der Waals surface area contributed by atoms with E-state index < -0.39 is 18.1 Å². The molecular weight excluding hydrogens is 319 g/mol. The highest BCUT2D eigenvalue weighted by Crippen LogP contribution is 2.29. The number of hydrogen-bond donors (Lipinski definition) is 0. The second kappa shape index (κ2) is 6.26. The molecule has 0 atom stereocenters. The van der Waals surface area contributed by atoms with E-state index in [4.69, 9.17) is 16.3 Å². The molecule has 94 valence electrons. The lowest BCUT2D eigenvalue weighted by atomic mass is 10.2. The highest BCUT2D eigenvalue weighted by atomic mass is 79.9. The molecule has 0 fully saturated rings. The molecule has 0 bridgehead atoms. The Balaban J connectivity index is 3.01. The minimum absolute atomic E-state index is 0.0785. The highest BCUT2D eigenvalue weighted by molar-refractivity contribution is 9.10. The van der Waals surface area contributed by atoms with Gasteiger partial charge in [-0.1, -0.05) is 11.6 Å². The monoisotopic (exact) mass is 327 g/mol. The summed E-state index contributed by atoms with van der Waals surface area (Å²) in [6, 6.07) is 1.13. The Morgan fingerprint density at radius 2 is 2.29 bits per heavy atom. The van der Waals surface area contributed by atoms with Crippen molar-refractivity contribution in [3.8, 4) is 0 Å². The van der Waals surface area contributed by atoms with Gasteiger partial charge in [-0.2, -0.15) is 0 Å². The highest BCUT2D eigenvalue weighted by Gasteiger charge is 2.17. The summed E-state index contributed by atoms with van der Waals surface area (Å²) in [7, 11) is 0. The average Bonchev–Trinajstić information content (AvgIpc) is 2.24. The summed E-state index contributed by atoms with van der Waals surface area (Å²) in [6.07, 6.45) is -2.95. The van der Waals surface area contributed by atoms with Crippen LogP contribution < -0.4 is 0 Å². The minimum Gasteiger partial charge on any atom is -0.466 e. The van der Waals surface area contributed by atoms with Gasteiger partial charge in [-0.15, -0.1) is 0 Å². The molecule has 1 heterocycles. The Kier molecular flexibility index (Phi) is 5.27. The van der Waals surface area contributed by atoms with Gasteiger partial charge in [-0.05, 0) is 28.9 Å². The first-order chi connectivity index (χ1) is 7.95. The minimum atomic E-state index is -2.72. The maximum atomic E-state index is 12.5. The molecular formula is C10H9BrClF2NO2. The van der Waals surface area contributed by atoms with Crippen LogP contribution in [0.4, 0.5) is 8.78 Å². The van der Waals surface area contributed by atoms with Crippen LogP contribution in [0.5, 0.6) is 0 Å². The molecule has 0 radical (unpaired) electrons. The molecule has 17 heavy (non-hydrogen) atoms. The van der Waals surface area contributed by atoms with E-state index in [0.717, 1.165) is 6.07 Å². The Hall–Kier alpha value is -0.750. The zero-order valence-electron chi connectivity index (χ0n) is 8.84. The third-order valence-corrected chi connectivity index (χ3v) is 3.12. The predicted molar refractivity (Wildman–Crippen MR) is 62.2 cm³/mol. The fourth-order valence-electron chi connectivity index (χ4n) is 1.15. The standard InChI is InChI=1S/C10H9BrClF2NO2/c1-2-17-8(16)4-6-9(12)5(11)3-7(15-6)10(13)14/h3,10H,2,4H2,1H3. The van der Waals surface area contributed by atoms with Gasteiger partial charge in [0.1, 0.15) is 5.69 Å². The van der Waals surface area contributed by atoms with Crippen molar-refractivity contribution in [1.82, 2.24) is 4.98 Å². The summed E-state index contributed by atoms with van der Waals surface area (Å²) < 4.78 is 30.0. The van der Waals surface area contributed by atoms with Crippen molar-refractivity contribution in [2.45, 2.75) is 19.8 Å². The van der Waals surface area contributed by atoms with Gasteiger partial charge in [0.05, 0.1) is 23.7 Å². The quantitative estimate of drug-likeness (QED) is 0.794. The number of carbonyl (C=O) groups excluding carboxylic acids is 1. The van der Waals surface area contributed by atoms with Crippen molar-refractivity contribution >= 4 is 33.5 Å². The molecule has 0 saturated carbocycles. The summed E-state index contributed by atoms with van der Waals surface area (Å²) in [5, 5.41) is 0.141. The smallest absolute Gasteiger partial charge is 0.311 e. The lowest BCUT2D eigenvalue weighted by Crippen LogP contribution is -2.10. The lowest BCUT2D eigenvalue weighted by molar-refractivity contribution is -0.142. The van der Waals surface area contributed by atoms with Crippen LogP contribution in [0.15, 0.2) is 10.5 Å². The van der Waals surface area contributed by atoms with Crippen LogP contribution in [0.25, 0.3) is 0 Å². The summed E-state index contributed by atoms with van der Waals surface area (Å²) in [5.74, 6) is -0.555. The summed E-state index contributed by atoms with van der Waals surface area (Å²) >= 11 is 8.89. The number of carbonyl (C=O) groups is 1. The Morgan fingerprint density at radius 1 is 1.65 bits per heavy atom. The number of nitrogens with zero attached hydrogens (tertiary/aromatic N) is 1. The van der Waals surface area contributed by atoms with Crippen LogP contribution in [-0.2, 0) is 16.0 Å². The molecule has 0 aliphatic carbocycles. The van der Waals surface area contributed by atoms with E-state index in [1.807, 2.05) is 0 Å². The summed E-state index contributed by atoms with van der Waals surface area (Å²) in [4.78, 5) is 14.9. The molecule has 0 spiro atoms. The topological polar surface area (TPSA) is 39.2 Å². The molecule has 1 aromatic heterocycles. The fraction of sp³-hybridized carbons (Fsp3) is 0.400. The SMILES string of the molecule is CCOC(=O)Cc1nc(C(F)F)cc(Br)c1Cl. The van der Waals surface area contributed by atoms with Crippen LogP contribution in [0, 0.1) is 0 Å². The van der Waals surface area contributed by atoms with Gasteiger partial charge in [-0.3, -0.25) is 4.79 Å². The molecule has 0 unspecified atom stereocenters. The molecule has 0 aliphatic rings. The molecule has 1 rings (SSSR count). The first-order valence-electron chi connectivity index (χ1n) is 4.74. The first-order valence-corrected chi connectivity index (χ1v) is 5.91. The molecule has 1 aromatic rings. The second-order valence-corrected chi connectivity index (χ2v) is 4.30. The Labute approximate surface area is 110 Å². The van der Waals surface area contributed by atoms with Gasteiger partial charge in [0.15, 0.2) is 0 Å². The van der Waals surface area contributed by atoms with Crippen molar-refractivity contribution < 1.29 is 18.3 Å². The maximum Gasteiger partial charge on any atom is 0.311 e. The molecule has 0 amide bonds. The lowest BCUT2D eigenvalue weighted by Gasteiger charge is -2.08. The number of aromatic nitrogens is 1. The largest absolute Gasteiger partial charge is 0.466 e. The normalized spacial score (nSPS) is 10.7. The van der Waals surface area contributed by atoms with Crippen LogP contribution in [0.2, 0.25) is 5.02 Å². The van der Waals surface area contributed by atoms with Gasteiger partial charge in [0.25, 0.3) is 6.43 Å². The number of alkyl halides is 2. The molecule has 0 aliphatic heterocycles. The van der Waals surface area contributed by atoms with E-state index in [1.165, 1.54) is 0 Å². The van der Waals surface area contributed by atoms with E-state index in [2.05, 4.69) is 20.9 Å². The zero-order chi connectivity index (χ0) is 13.0. The van der Waals surface area contributed by atoms with E-state index >= 15 is 0 Å². The van der Waals surface area contributed by atoms with Gasteiger partial charge >= 0.3 is 5.97 Å². The third kappa shape index (κ3) is 3.89. The second-order valence-electron chi connectivity index (χ2n) is 3.07. The van der Waals surface area contributed by atoms with Gasteiger partial charge in [0, 0.05) is 4.47 Å². The zero-order valence-corrected chi connectivity index (χ0v) is 11.2. The van der Waals surface area contributed by atoms with Crippen molar-refractivity contribution in [2.24, 2.45) is 0 Å². The van der Waals surface area contributed by atoms with Gasteiger partial charge in [0.2, 0.25) is 0 Å². The first kappa shape index (κ1) is 14.3. The van der Waals surface area contributed by atoms with Crippen molar-refractivity contribution in [3.05, 3.63) is 26.9 Å². The van der Waals surface area contributed by atoms with E-state index in [-0.39, 0.29) is 28.2 Å². The van der Waals surface area contributed by atoms with Gasteiger partial charge in [-0.25, -0.2) is 13.8 Å². The molecule has 7 heteroatoms. The van der Waals surface area contributed by atoms with E-state index in [9.17, 15) is 13.6 Å². The Morgan fingerprint density at radius 3 is 2.82 bits per heavy atom. The summed E-state index contributed by atoms with van der Waals surface area (Å²) in [5.41, 5.74) is -0.352. The average molecular weight is 329 g/mol. The number of rotatable bonds is 4. The summed E-state index contributed by atoms with van der Waals surface area (Å²) in [6.45, 7) is 1.87. The van der Waals surface area contributed by atoms with Crippen molar-refractivity contribution in [2.75, 3.05) is 6.61 Å². The number of pyridine rings is 1. The predicted octanol–water partition coefficient (Wildman–Crippen LogP) is 3.54. The number of halogens is 4. The van der Waals surface area contributed by atoms with Crippen LogP contribution >= 0.6 is 27.5 Å². The van der Waals surface area contributed by atoms with Crippen LogP contribution in [0.1, 0.15) is 24.7 Å². The van der Waals surface area contributed by atoms with E-state index in [0.29, 0.717) is 0 Å². The van der Waals surface area contributed by atoms with Crippen LogP contribution in [0.3, 0.4) is 0 Å². The number of hydrogen-bond acceptors (Lipinski definition) is 3. The fourth-order valence-corrected chi connectivity index (χ4v) is 1.77. The van der Waals surface area contributed by atoms with Gasteiger partial charge < -0.3 is 4.74 Å². The number of esters is 1.